The number of amides is 1. The first-order valence-electron chi connectivity index (χ1n) is 8.68. The Morgan fingerprint density at radius 1 is 1.53 bits per heavy atom. The molecule has 0 aromatic heterocycles. The second-order valence-corrected chi connectivity index (χ2v) is 5.43. The Kier molecular flexibility index (Phi) is 2.54. The third kappa shape index (κ3) is 4.91. The largest absolute Gasteiger partial charge is 0.444 e. The Labute approximate surface area is 121 Å². The first-order chi connectivity index (χ1) is 11.0. The molecule has 1 amide bonds. The molecule has 1 aliphatic heterocycles. The van der Waals surface area contributed by atoms with Crippen molar-refractivity contribution in [2.45, 2.75) is 44.9 Å². The Hall–Kier alpha value is -1.55. The van der Waals surface area contributed by atoms with E-state index in [1.54, 1.807) is 20.8 Å². The van der Waals surface area contributed by atoms with Crippen molar-refractivity contribution in [2.24, 2.45) is 0 Å². The first kappa shape index (κ1) is 8.59. The number of carbonyl (C=O) groups excluding carboxylic acids is 1. The summed E-state index contributed by atoms with van der Waals surface area (Å²) in [4.78, 5) is 12.0. The molecule has 0 aliphatic carbocycles. The standard InChI is InChI=1S/C15H21NO3/c1-15(2,3)19-14(17)16-12(13-10-18-13)9-11-7-5-4-6-8-11/h4-8,12-13H,9-10H2,1-3H3,(H,16,17)/t12-,13+/m0/s1/i4D,5D,6D,7D,8D. The van der Waals surface area contributed by atoms with Crippen LogP contribution in [-0.2, 0) is 15.9 Å². The number of alkyl carbamates (subject to hydrolysis) is 1. The van der Waals surface area contributed by atoms with Crippen molar-refractivity contribution < 1.29 is 21.1 Å². The van der Waals surface area contributed by atoms with E-state index in [-0.39, 0.29) is 30.2 Å². The minimum atomic E-state index is -0.657. The van der Waals surface area contributed by atoms with E-state index in [0.29, 0.717) is 6.61 Å². The summed E-state index contributed by atoms with van der Waals surface area (Å²) in [6.07, 6.45) is -0.815. The molecule has 2 atom stereocenters. The summed E-state index contributed by atoms with van der Waals surface area (Å²) in [5.41, 5.74) is -0.506. The van der Waals surface area contributed by atoms with Gasteiger partial charge in [-0.05, 0) is 32.8 Å². The molecule has 1 aromatic carbocycles. The molecule has 2 rings (SSSR count). The van der Waals surface area contributed by atoms with Crippen LogP contribution in [0.4, 0.5) is 4.79 Å². The van der Waals surface area contributed by atoms with Gasteiger partial charge in [0.25, 0.3) is 0 Å². The molecule has 0 bridgehead atoms. The minimum Gasteiger partial charge on any atom is -0.444 e. The van der Waals surface area contributed by atoms with Crippen LogP contribution in [0.15, 0.2) is 30.2 Å². The topological polar surface area (TPSA) is 50.9 Å². The first-order valence-corrected chi connectivity index (χ1v) is 6.18. The summed E-state index contributed by atoms with van der Waals surface area (Å²) in [5.74, 6) is 0. The smallest absolute Gasteiger partial charge is 0.407 e. The lowest BCUT2D eigenvalue weighted by molar-refractivity contribution is 0.0495. The Morgan fingerprint density at radius 2 is 2.16 bits per heavy atom. The van der Waals surface area contributed by atoms with Gasteiger partial charge in [-0.3, -0.25) is 0 Å². The van der Waals surface area contributed by atoms with Crippen LogP contribution in [0, 0.1) is 0 Å². The molecular weight excluding hydrogens is 242 g/mol. The fourth-order valence-corrected chi connectivity index (χ4v) is 1.62. The number of benzene rings is 1. The van der Waals surface area contributed by atoms with E-state index in [0.717, 1.165) is 0 Å². The molecule has 1 heterocycles. The quantitative estimate of drug-likeness (QED) is 0.854. The highest BCUT2D eigenvalue weighted by Crippen LogP contribution is 2.18. The number of rotatable bonds is 4. The van der Waals surface area contributed by atoms with E-state index in [4.69, 9.17) is 16.3 Å². The van der Waals surface area contributed by atoms with Crippen LogP contribution in [0.25, 0.3) is 0 Å². The van der Waals surface area contributed by atoms with Gasteiger partial charge < -0.3 is 14.8 Å². The molecule has 1 fully saturated rings. The lowest BCUT2D eigenvalue weighted by Crippen LogP contribution is -2.43. The van der Waals surface area contributed by atoms with Crippen LogP contribution >= 0.6 is 0 Å². The number of epoxide rings is 1. The van der Waals surface area contributed by atoms with Crippen molar-refractivity contribution in [1.29, 1.82) is 0 Å². The maximum atomic E-state index is 12.0. The molecule has 4 heteroatoms. The van der Waals surface area contributed by atoms with Crippen LogP contribution in [0.2, 0.25) is 0 Å². The van der Waals surface area contributed by atoms with Crippen molar-refractivity contribution in [2.75, 3.05) is 6.61 Å². The fraction of sp³-hybridized carbons (Fsp3) is 0.533. The summed E-state index contributed by atoms with van der Waals surface area (Å²) < 4.78 is 49.4. The molecule has 1 aromatic rings. The van der Waals surface area contributed by atoms with Gasteiger partial charge in [0.15, 0.2) is 0 Å². The monoisotopic (exact) mass is 268 g/mol. The highest BCUT2D eigenvalue weighted by Gasteiger charge is 2.34. The predicted octanol–water partition coefficient (Wildman–Crippen LogP) is 2.52. The molecule has 0 unspecified atom stereocenters. The molecule has 0 saturated carbocycles. The van der Waals surface area contributed by atoms with Crippen LogP contribution < -0.4 is 5.32 Å². The van der Waals surface area contributed by atoms with Crippen molar-refractivity contribution in [3.8, 4) is 0 Å². The SMILES string of the molecule is [2H]c1c([2H])c([2H])c(C[C@H](NC(=O)OC(C)(C)C)[C@H]2CO2)c([2H])c1[2H]. The minimum absolute atomic E-state index is 0.0691. The van der Waals surface area contributed by atoms with Crippen molar-refractivity contribution in [3.05, 3.63) is 35.8 Å². The van der Waals surface area contributed by atoms with Crippen LogP contribution in [0.5, 0.6) is 0 Å². The molecular formula is C15H21NO3. The Morgan fingerprint density at radius 3 is 2.68 bits per heavy atom. The van der Waals surface area contributed by atoms with Gasteiger partial charge in [-0.15, -0.1) is 0 Å². The zero-order valence-electron chi connectivity index (χ0n) is 16.3. The average Bonchev–Trinajstić information content (AvgIpc) is 3.29. The van der Waals surface area contributed by atoms with E-state index < -0.39 is 35.9 Å². The number of ether oxygens (including phenoxy) is 2. The van der Waals surface area contributed by atoms with Crippen LogP contribution in [0.1, 0.15) is 33.2 Å². The summed E-state index contributed by atoms with van der Waals surface area (Å²) in [5, 5.41) is 2.67. The van der Waals surface area contributed by atoms with Crippen molar-refractivity contribution in [1.82, 2.24) is 5.32 Å². The van der Waals surface area contributed by atoms with Gasteiger partial charge in [0.2, 0.25) is 0 Å². The number of hydrogen-bond acceptors (Lipinski definition) is 3. The molecule has 0 spiro atoms. The van der Waals surface area contributed by atoms with Gasteiger partial charge >= 0.3 is 6.09 Å². The predicted molar refractivity (Wildman–Crippen MR) is 73.0 cm³/mol. The summed E-state index contributed by atoms with van der Waals surface area (Å²) in [6, 6.07) is -2.27. The normalized spacial score (nSPS) is 23.3. The zero-order chi connectivity index (χ0) is 18.2. The zero-order valence-corrected chi connectivity index (χ0v) is 11.3. The van der Waals surface area contributed by atoms with E-state index >= 15 is 0 Å². The van der Waals surface area contributed by atoms with Gasteiger partial charge in [-0.25, -0.2) is 4.79 Å². The van der Waals surface area contributed by atoms with Gasteiger partial charge in [-0.1, -0.05) is 30.2 Å². The summed E-state index contributed by atoms with van der Waals surface area (Å²) in [7, 11) is 0. The Bertz CT molecular complexity index is 626. The van der Waals surface area contributed by atoms with E-state index in [1.165, 1.54) is 0 Å². The van der Waals surface area contributed by atoms with Crippen molar-refractivity contribution >= 4 is 6.09 Å². The number of nitrogens with one attached hydrogen (secondary N) is 1. The molecule has 1 saturated heterocycles. The second kappa shape index (κ2) is 5.61. The second-order valence-electron chi connectivity index (χ2n) is 5.43. The maximum Gasteiger partial charge on any atom is 0.407 e. The third-order valence-corrected chi connectivity index (χ3v) is 2.49. The molecule has 19 heavy (non-hydrogen) atoms. The van der Waals surface area contributed by atoms with E-state index in [2.05, 4.69) is 5.32 Å². The molecule has 1 N–H and O–H groups in total. The van der Waals surface area contributed by atoms with E-state index in [1.807, 2.05) is 0 Å². The average molecular weight is 268 g/mol. The molecule has 1 aliphatic rings. The molecule has 104 valence electrons. The van der Waals surface area contributed by atoms with Gasteiger partial charge in [-0.2, -0.15) is 0 Å². The van der Waals surface area contributed by atoms with Crippen LogP contribution in [0.3, 0.4) is 0 Å². The maximum absolute atomic E-state index is 12.0. The summed E-state index contributed by atoms with van der Waals surface area (Å²) in [6.45, 7) is 5.67. The summed E-state index contributed by atoms with van der Waals surface area (Å²) >= 11 is 0. The van der Waals surface area contributed by atoms with Crippen LogP contribution in [-0.4, -0.2) is 30.4 Å². The fourth-order valence-electron chi connectivity index (χ4n) is 1.62. The number of hydrogen-bond donors (Lipinski definition) is 1. The number of carbonyl (C=O) groups is 1. The van der Waals surface area contributed by atoms with Gasteiger partial charge in [0.05, 0.1) is 19.5 Å². The highest BCUT2D eigenvalue weighted by molar-refractivity contribution is 5.68. The lowest BCUT2D eigenvalue weighted by atomic mass is 10.0. The van der Waals surface area contributed by atoms with E-state index in [9.17, 15) is 4.79 Å². The van der Waals surface area contributed by atoms with Crippen molar-refractivity contribution in [3.63, 3.8) is 0 Å². The third-order valence-electron chi connectivity index (χ3n) is 2.49. The molecule has 0 radical (unpaired) electrons. The highest BCUT2D eigenvalue weighted by atomic mass is 16.6. The van der Waals surface area contributed by atoms with Gasteiger partial charge in [0.1, 0.15) is 11.7 Å². The Balaban J connectivity index is 2.22. The molecule has 4 nitrogen and oxygen atoms in total. The van der Waals surface area contributed by atoms with Gasteiger partial charge in [0, 0.05) is 0 Å². The lowest BCUT2D eigenvalue weighted by Gasteiger charge is -2.23.